The first-order valence-corrected chi connectivity index (χ1v) is 4.76. The summed E-state index contributed by atoms with van der Waals surface area (Å²) in [6.45, 7) is 2.80. The Labute approximate surface area is 89.4 Å². The molecule has 0 spiro atoms. The molecule has 0 aliphatic carbocycles. The van der Waals surface area contributed by atoms with E-state index in [9.17, 15) is 0 Å². The molecule has 5 nitrogen and oxygen atoms in total. The molecule has 0 radical (unpaired) electrons. The molecule has 1 rings (SSSR count). The molecule has 84 valence electrons. The molecule has 0 saturated heterocycles. The van der Waals surface area contributed by atoms with Crippen LogP contribution in [-0.4, -0.2) is 24.7 Å². The highest BCUT2D eigenvalue weighted by molar-refractivity contribution is 5.46. The van der Waals surface area contributed by atoms with Crippen molar-refractivity contribution < 1.29 is 9.47 Å². The first-order valence-electron chi connectivity index (χ1n) is 4.76. The summed E-state index contributed by atoms with van der Waals surface area (Å²) in [7, 11) is 1.56. The summed E-state index contributed by atoms with van der Waals surface area (Å²) in [5.74, 6) is 0.949. The van der Waals surface area contributed by atoms with Gasteiger partial charge < -0.3 is 20.9 Å². The summed E-state index contributed by atoms with van der Waals surface area (Å²) in [6.07, 6.45) is 0. The van der Waals surface area contributed by atoms with Crippen LogP contribution in [-0.2, 0) is 11.3 Å². The van der Waals surface area contributed by atoms with Crippen molar-refractivity contribution in [3.8, 4) is 5.75 Å². The fourth-order valence-corrected chi connectivity index (χ4v) is 1.11. The lowest BCUT2D eigenvalue weighted by atomic mass is 10.3. The van der Waals surface area contributed by atoms with E-state index in [1.54, 1.807) is 13.2 Å². The molecule has 0 bridgehead atoms. The maximum atomic E-state index is 5.65. The lowest BCUT2D eigenvalue weighted by Crippen LogP contribution is -2.21. The Bertz CT molecular complexity index is 316. The first-order chi connectivity index (χ1) is 7.13. The van der Waals surface area contributed by atoms with Crippen LogP contribution in [0.3, 0.4) is 0 Å². The Morgan fingerprint density at radius 3 is 2.73 bits per heavy atom. The highest BCUT2D eigenvalue weighted by Crippen LogP contribution is 2.18. The zero-order valence-corrected chi connectivity index (χ0v) is 9.06. The fraction of sp³-hybridized carbons (Fsp3) is 0.500. The molecule has 1 aromatic rings. The van der Waals surface area contributed by atoms with Gasteiger partial charge in [-0.15, -0.1) is 0 Å². The number of nitrogens with two attached hydrogens (primary N) is 2. The minimum atomic E-state index is 0.0283. The summed E-state index contributed by atoms with van der Waals surface area (Å²) in [5, 5.41) is 0. The number of ether oxygens (including phenoxy) is 2. The number of rotatable bonds is 5. The summed E-state index contributed by atoms with van der Waals surface area (Å²) >= 11 is 0. The van der Waals surface area contributed by atoms with Crippen LogP contribution >= 0.6 is 0 Å². The van der Waals surface area contributed by atoms with Gasteiger partial charge in [-0.2, -0.15) is 0 Å². The molecule has 0 unspecified atom stereocenters. The smallest absolute Gasteiger partial charge is 0.166 e. The number of nitrogen functional groups attached to an aromatic ring is 1. The SMILES string of the molecule is COc1ccc(COC[C@@H](C)N)nc1N. The van der Waals surface area contributed by atoms with Gasteiger partial charge in [-0.3, -0.25) is 0 Å². The minimum absolute atomic E-state index is 0.0283. The van der Waals surface area contributed by atoms with Crippen molar-refractivity contribution >= 4 is 5.82 Å². The van der Waals surface area contributed by atoms with E-state index in [0.717, 1.165) is 5.69 Å². The predicted octanol–water partition coefficient (Wildman–Crippen LogP) is 0.536. The number of hydrogen-bond donors (Lipinski definition) is 2. The van der Waals surface area contributed by atoms with Gasteiger partial charge >= 0.3 is 0 Å². The van der Waals surface area contributed by atoms with E-state index < -0.39 is 0 Å². The Morgan fingerprint density at radius 1 is 1.47 bits per heavy atom. The van der Waals surface area contributed by atoms with Crippen LogP contribution in [0.5, 0.6) is 5.75 Å². The van der Waals surface area contributed by atoms with Gasteiger partial charge in [-0.25, -0.2) is 4.98 Å². The molecule has 0 amide bonds. The minimum Gasteiger partial charge on any atom is -0.493 e. The molecule has 1 aromatic heterocycles. The zero-order chi connectivity index (χ0) is 11.3. The van der Waals surface area contributed by atoms with E-state index in [4.69, 9.17) is 20.9 Å². The molecule has 15 heavy (non-hydrogen) atoms. The van der Waals surface area contributed by atoms with Crippen molar-refractivity contribution in [2.45, 2.75) is 19.6 Å². The van der Waals surface area contributed by atoms with Crippen molar-refractivity contribution in [3.63, 3.8) is 0 Å². The third-order valence-corrected chi connectivity index (χ3v) is 1.79. The van der Waals surface area contributed by atoms with Crippen LogP contribution in [0.25, 0.3) is 0 Å². The van der Waals surface area contributed by atoms with Gasteiger partial charge in [0.1, 0.15) is 0 Å². The van der Waals surface area contributed by atoms with Crippen LogP contribution in [0, 0.1) is 0 Å². The average molecular weight is 211 g/mol. The number of nitrogens with zero attached hydrogens (tertiary/aromatic N) is 1. The van der Waals surface area contributed by atoms with Gasteiger partial charge in [0.05, 0.1) is 26.0 Å². The van der Waals surface area contributed by atoms with E-state index in [2.05, 4.69) is 4.98 Å². The maximum absolute atomic E-state index is 5.65. The topological polar surface area (TPSA) is 83.4 Å². The molecule has 4 N–H and O–H groups in total. The Balaban J connectivity index is 2.52. The summed E-state index contributed by atoms with van der Waals surface area (Å²) in [4.78, 5) is 4.13. The Morgan fingerprint density at radius 2 is 2.20 bits per heavy atom. The number of methoxy groups -OCH3 is 1. The lowest BCUT2D eigenvalue weighted by molar-refractivity contribution is 0.109. The summed E-state index contributed by atoms with van der Waals surface area (Å²) in [6, 6.07) is 3.61. The molecule has 0 aliphatic rings. The molecule has 1 atom stereocenters. The largest absolute Gasteiger partial charge is 0.493 e. The highest BCUT2D eigenvalue weighted by atomic mass is 16.5. The number of hydrogen-bond acceptors (Lipinski definition) is 5. The van der Waals surface area contributed by atoms with Crippen LogP contribution in [0.1, 0.15) is 12.6 Å². The van der Waals surface area contributed by atoms with Crippen LogP contribution in [0.2, 0.25) is 0 Å². The summed E-state index contributed by atoms with van der Waals surface area (Å²) in [5.41, 5.74) is 12.0. The highest BCUT2D eigenvalue weighted by Gasteiger charge is 2.02. The second kappa shape index (κ2) is 5.53. The van der Waals surface area contributed by atoms with E-state index in [-0.39, 0.29) is 6.04 Å². The van der Waals surface area contributed by atoms with E-state index in [1.165, 1.54) is 0 Å². The van der Waals surface area contributed by atoms with Crippen molar-refractivity contribution in [3.05, 3.63) is 17.8 Å². The van der Waals surface area contributed by atoms with E-state index in [1.807, 2.05) is 13.0 Å². The molecule has 5 heteroatoms. The predicted molar refractivity (Wildman–Crippen MR) is 58.5 cm³/mol. The fourth-order valence-electron chi connectivity index (χ4n) is 1.11. The molecule has 0 aromatic carbocycles. The van der Waals surface area contributed by atoms with Gasteiger partial charge in [0.15, 0.2) is 11.6 Å². The van der Waals surface area contributed by atoms with Gasteiger partial charge in [0.2, 0.25) is 0 Å². The van der Waals surface area contributed by atoms with Gasteiger partial charge in [-0.05, 0) is 19.1 Å². The Hall–Kier alpha value is -1.33. The Kier molecular flexibility index (Phi) is 4.33. The summed E-state index contributed by atoms with van der Waals surface area (Å²) < 4.78 is 10.3. The number of aromatic nitrogens is 1. The van der Waals surface area contributed by atoms with Crippen molar-refractivity contribution in [2.75, 3.05) is 19.5 Å². The lowest BCUT2D eigenvalue weighted by Gasteiger charge is -2.08. The van der Waals surface area contributed by atoms with Crippen LogP contribution in [0.4, 0.5) is 5.82 Å². The van der Waals surface area contributed by atoms with Crippen LogP contribution < -0.4 is 16.2 Å². The average Bonchev–Trinajstić information content (AvgIpc) is 2.17. The second-order valence-corrected chi connectivity index (χ2v) is 3.38. The molecule has 0 saturated carbocycles. The monoisotopic (exact) mass is 211 g/mol. The van der Waals surface area contributed by atoms with Crippen LogP contribution in [0.15, 0.2) is 12.1 Å². The molecular weight excluding hydrogens is 194 g/mol. The van der Waals surface area contributed by atoms with E-state index in [0.29, 0.717) is 24.8 Å². The van der Waals surface area contributed by atoms with Crippen molar-refractivity contribution in [2.24, 2.45) is 5.73 Å². The molecule has 0 aliphatic heterocycles. The van der Waals surface area contributed by atoms with E-state index >= 15 is 0 Å². The van der Waals surface area contributed by atoms with Gasteiger partial charge in [0, 0.05) is 6.04 Å². The van der Waals surface area contributed by atoms with Gasteiger partial charge in [-0.1, -0.05) is 0 Å². The number of pyridine rings is 1. The zero-order valence-electron chi connectivity index (χ0n) is 9.06. The maximum Gasteiger partial charge on any atom is 0.166 e. The third-order valence-electron chi connectivity index (χ3n) is 1.79. The second-order valence-electron chi connectivity index (χ2n) is 3.38. The normalized spacial score (nSPS) is 12.5. The molecule has 1 heterocycles. The quantitative estimate of drug-likeness (QED) is 0.742. The first kappa shape index (κ1) is 11.7. The van der Waals surface area contributed by atoms with Gasteiger partial charge in [0.25, 0.3) is 0 Å². The molecule has 0 fully saturated rings. The standard InChI is InChI=1S/C10H17N3O2/c1-7(11)5-15-6-8-3-4-9(14-2)10(12)13-8/h3-4,7H,5-6,11H2,1-2H3,(H2,12,13)/t7-/m1/s1. The third kappa shape index (κ3) is 3.73. The number of anilines is 1. The van der Waals surface area contributed by atoms with Crippen molar-refractivity contribution in [1.29, 1.82) is 0 Å². The molecular formula is C10H17N3O2. The van der Waals surface area contributed by atoms with Crippen molar-refractivity contribution in [1.82, 2.24) is 4.98 Å².